The number of benzene rings is 2. The van der Waals surface area contributed by atoms with Gasteiger partial charge >= 0.3 is 0 Å². The van der Waals surface area contributed by atoms with E-state index in [9.17, 15) is 4.79 Å². The van der Waals surface area contributed by atoms with Crippen molar-refractivity contribution in [1.82, 2.24) is 15.3 Å². The molecule has 1 saturated heterocycles. The van der Waals surface area contributed by atoms with Crippen molar-refractivity contribution in [2.45, 2.75) is 0 Å². The number of piperazine rings is 1. The third kappa shape index (κ3) is 4.40. The molecule has 6 nitrogen and oxygen atoms in total. The molecule has 0 bridgehead atoms. The van der Waals surface area contributed by atoms with Gasteiger partial charge in [0.2, 0.25) is 0 Å². The van der Waals surface area contributed by atoms with Crippen LogP contribution >= 0.6 is 12.4 Å². The Morgan fingerprint density at radius 2 is 1.65 bits per heavy atom. The van der Waals surface area contributed by atoms with Crippen LogP contribution in [0.2, 0.25) is 0 Å². The molecule has 2 aromatic heterocycles. The zero-order valence-electron chi connectivity index (χ0n) is 17.0. The third-order valence-corrected chi connectivity index (χ3v) is 5.55. The van der Waals surface area contributed by atoms with Gasteiger partial charge in [-0.3, -0.25) is 9.78 Å². The van der Waals surface area contributed by atoms with Gasteiger partial charge in [-0.15, -0.1) is 12.4 Å². The minimum absolute atomic E-state index is 0. The first-order valence-corrected chi connectivity index (χ1v) is 10.2. The molecule has 0 spiro atoms. The SMILES string of the molecule is Cl.O=C(Nc1ccncc1)c1c[nH]c2ccc(-c3ccc(N4CCNCC4)cc3)cc12. The molecule has 1 amide bonds. The van der Waals surface area contributed by atoms with Crippen LogP contribution in [0.3, 0.4) is 0 Å². The Kier molecular flexibility index (Phi) is 6.21. The zero-order chi connectivity index (χ0) is 20.3. The number of pyridine rings is 1. The Bertz CT molecular complexity index is 1170. The molecule has 5 rings (SSSR count). The van der Waals surface area contributed by atoms with Crippen molar-refractivity contribution >= 4 is 40.6 Å². The number of hydrogen-bond donors (Lipinski definition) is 3. The first kappa shape index (κ1) is 20.9. The molecule has 7 heteroatoms. The van der Waals surface area contributed by atoms with Crippen LogP contribution in [0.15, 0.2) is 73.2 Å². The van der Waals surface area contributed by atoms with E-state index >= 15 is 0 Å². The number of H-pyrrole nitrogens is 1. The first-order valence-electron chi connectivity index (χ1n) is 10.2. The zero-order valence-corrected chi connectivity index (χ0v) is 17.8. The van der Waals surface area contributed by atoms with Crippen molar-refractivity contribution in [3.63, 3.8) is 0 Å². The first-order chi connectivity index (χ1) is 14.8. The van der Waals surface area contributed by atoms with E-state index in [1.165, 1.54) is 5.69 Å². The van der Waals surface area contributed by atoms with Crippen molar-refractivity contribution in [2.24, 2.45) is 0 Å². The van der Waals surface area contributed by atoms with Gasteiger partial charge in [0.05, 0.1) is 5.56 Å². The summed E-state index contributed by atoms with van der Waals surface area (Å²) in [6.45, 7) is 4.11. The van der Waals surface area contributed by atoms with Crippen molar-refractivity contribution in [1.29, 1.82) is 0 Å². The molecule has 1 aliphatic rings. The largest absolute Gasteiger partial charge is 0.369 e. The van der Waals surface area contributed by atoms with E-state index in [4.69, 9.17) is 0 Å². The van der Waals surface area contributed by atoms with Gasteiger partial charge in [0.1, 0.15) is 0 Å². The molecule has 3 N–H and O–H groups in total. The normalized spacial score (nSPS) is 13.6. The lowest BCUT2D eigenvalue weighted by molar-refractivity contribution is 0.102. The lowest BCUT2D eigenvalue weighted by Gasteiger charge is -2.29. The Hall–Kier alpha value is -3.35. The number of carbonyl (C=O) groups is 1. The highest BCUT2D eigenvalue weighted by Crippen LogP contribution is 2.28. The summed E-state index contributed by atoms with van der Waals surface area (Å²) in [7, 11) is 0. The van der Waals surface area contributed by atoms with Crippen LogP contribution in [-0.2, 0) is 0 Å². The summed E-state index contributed by atoms with van der Waals surface area (Å²) in [5.74, 6) is -0.140. The van der Waals surface area contributed by atoms with Crippen molar-refractivity contribution < 1.29 is 4.79 Å². The predicted octanol–water partition coefficient (Wildman–Crippen LogP) is 4.31. The molecule has 0 unspecified atom stereocenters. The Labute approximate surface area is 187 Å². The second-order valence-electron chi connectivity index (χ2n) is 7.44. The summed E-state index contributed by atoms with van der Waals surface area (Å²) in [5.41, 5.74) is 5.77. The summed E-state index contributed by atoms with van der Waals surface area (Å²) < 4.78 is 0. The number of rotatable bonds is 4. The number of anilines is 2. The smallest absolute Gasteiger partial charge is 0.257 e. The van der Waals surface area contributed by atoms with Gasteiger partial charge in [0.15, 0.2) is 0 Å². The number of nitrogens with zero attached hydrogens (tertiary/aromatic N) is 2. The van der Waals surface area contributed by atoms with Gasteiger partial charge in [0.25, 0.3) is 5.91 Å². The van der Waals surface area contributed by atoms with Gasteiger partial charge in [-0.25, -0.2) is 0 Å². The monoisotopic (exact) mass is 433 g/mol. The van der Waals surface area contributed by atoms with Gasteiger partial charge < -0.3 is 20.5 Å². The minimum Gasteiger partial charge on any atom is -0.369 e. The summed E-state index contributed by atoms with van der Waals surface area (Å²) >= 11 is 0. The number of halogens is 1. The minimum atomic E-state index is -0.140. The van der Waals surface area contributed by atoms with Crippen LogP contribution in [0.1, 0.15) is 10.4 Å². The third-order valence-electron chi connectivity index (χ3n) is 5.55. The number of carbonyl (C=O) groups excluding carboxylic acids is 1. The van der Waals surface area contributed by atoms with Crippen molar-refractivity contribution in [2.75, 3.05) is 36.4 Å². The number of fused-ring (bicyclic) bond motifs is 1. The Morgan fingerprint density at radius 3 is 2.39 bits per heavy atom. The van der Waals surface area contributed by atoms with Crippen molar-refractivity contribution in [3.8, 4) is 11.1 Å². The molecular weight excluding hydrogens is 410 g/mol. The molecule has 0 aliphatic carbocycles. The lowest BCUT2D eigenvalue weighted by Crippen LogP contribution is -2.43. The van der Waals surface area contributed by atoms with Gasteiger partial charge in [-0.1, -0.05) is 18.2 Å². The van der Waals surface area contributed by atoms with Gasteiger partial charge in [-0.05, 0) is 47.5 Å². The average molecular weight is 434 g/mol. The van der Waals surface area contributed by atoms with E-state index in [-0.39, 0.29) is 18.3 Å². The van der Waals surface area contributed by atoms with Crippen LogP contribution in [0.4, 0.5) is 11.4 Å². The van der Waals surface area contributed by atoms with Crippen LogP contribution in [0.5, 0.6) is 0 Å². The summed E-state index contributed by atoms with van der Waals surface area (Å²) in [4.78, 5) is 22.4. The Morgan fingerprint density at radius 1 is 0.935 bits per heavy atom. The van der Waals surface area contributed by atoms with E-state index in [0.717, 1.165) is 53.9 Å². The highest BCUT2D eigenvalue weighted by Gasteiger charge is 2.14. The van der Waals surface area contributed by atoms with E-state index < -0.39 is 0 Å². The summed E-state index contributed by atoms with van der Waals surface area (Å²) in [6, 6.07) is 18.4. The summed E-state index contributed by atoms with van der Waals surface area (Å²) in [6.07, 6.45) is 5.08. The molecule has 0 radical (unpaired) electrons. The highest BCUT2D eigenvalue weighted by atomic mass is 35.5. The molecule has 2 aromatic carbocycles. The molecular formula is C24H24ClN5O. The van der Waals surface area contributed by atoms with Crippen LogP contribution in [0, 0.1) is 0 Å². The second-order valence-corrected chi connectivity index (χ2v) is 7.44. The molecule has 0 atom stereocenters. The summed E-state index contributed by atoms with van der Waals surface area (Å²) in [5, 5.41) is 7.22. The van der Waals surface area contributed by atoms with Crippen LogP contribution in [0.25, 0.3) is 22.0 Å². The number of aromatic nitrogens is 2. The number of aromatic amines is 1. The van der Waals surface area contributed by atoms with E-state index in [1.807, 2.05) is 6.07 Å². The van der Waals surface area contributed by atoms with Gasteiger partial charge in [-0.2, -0.15) is 0 Å². The molecule has 0 saturated carbocycles. The predicted molar refractivity (Wildman–Crippen MR) is 128 cm³/mol. The molecule has 1 fully saturated rings. The highest BCUT2D eigenvalue weighted by molar-refractivity contribution is 6.13. The molecule has 1 aliphatic heterocycles. The van der Waals surface area contributed by atoms with Crippen LogP contribution in [-0.4, -0.2) is 42.1 Å². The maximum Gasteiger partial charge on any atom is 0.257 e. The fourth-order valence-corrected chi connectivity index (χ4v) is 3.91. The van der Waals surface area contributed by atoms with Crippen LogP contribution < -0.4 is 15.5 Å². The average Bonchev–Trinajstić information content (AvgIpc) is 3.24. The number of nitrogens with one attached hydrogen (secondary N) is 3. The number of hydrogen-bond acceptors (Lipinski definition) is 4. The standard InChI is InChI=1S/C24H23N5O.ClH/c30-24(28-19-7-9-25-10-8-19)22-16-27-23-6-3-18(15-21(22)23)17-1-4-20(5-2-17)29-13-11-26-12-14-29;/h1-10,15-16,26-27H,11-14H2,(H,25,28,30);1H. The van der Waals surface area contributed by atoms with E-state index in [1.54, 1.807) is 30.7 Å². The number of amides is 1. The van der Waals surface area contributed by atoms with Crippen molar-refractivity contribution in [3.05, 3.63) is 78.8 Å². The molecule has 3 heterocycles. The molecule has 31 heavy (non-hydrogen) atoms. The van der Waals surface area contributed by atoms with E-state index in [2.05, 4.69) is 61.9 Å². The maximum atomic E-state index is 12.8. The molecule has 158 valence electrons. The van der Waals surface area contributed by atoms with E-state index in [0.29, 0.717) is 5.56 Å². The topological polar surface area (TPSA) is 73.0 Å². The fourth-order valence-electron chi connectivity index (χ4n) is 3.91. The maximum absolute atomic E-state index is 12.8. The lowest BCUT2D eigenvalue weighted by atomic mass is 10.0. The quantitative estimate of drug-likeness (QED) is 0.448. The Balaban J connectivity index is 0.00000231. The van der Waals surface area contributed by atoms with Gasteiger partial charge in [0, 0.05) is 67.0 Å². The fraction of sp³-hybridized carbons (Fsp3) is 0.167. The molecule has 4 aromatic rings. The second kappa shape index (κ2) is 9.20.